The SMILES string of the molecule is CCOc1cccc([C@H]2C3=CC[C@@H]4C(=O)N(c5ccc(-c6nc7ccccc7o6)cc5)C(=O)[C@@H]4[C@@H]3C[C@H]3C(=O)N(Nc4ccc(C)cc4)C(=O)[C@@]23c2ccccc2)c1O. The van der Waals surface area contributed by atoms with Crippen molar-refractivity contribution in [2.45, 2.75) is 38.0 Å². The number of nitrogens with zero attached hydrogens (tertiary/aromatic N) is 3. The normalized spacial score (nSPS) is 24.8. The fraction of sp³-hybridized carbons (Fsp3) is 0.229. The molecule has 4 amide bonds. The number of ether oxygens (including phenoxy) is 1. The second-order valence-electron chi connectivity index (χ2n) is 15.8. The first-order valence-electron chi connectivity index (χ1n) is 20.0. The third-order valence-corrected chi connectivity index (χ3v) is 12.7. The summed E-state index contributed by atoms with van der Waals surface area (Å²) in [6.07, 6.45) is 2.34. The Bertz CT molecular complexity index is 2670. The van der Waals surface area contributed by atoms with E-state index in [0.717, 1.165) is 21.7 Å². The number of oxazole rings is 1. The van der Waals surface area contributed by atoms with Crippen LogP contribution in [0, 0.1) is 30.6 Å². The van der Waals surface area contributed by atoms with Gasteiger partial charge in [-0.1, -0.05) is 83.9 Å². The van der Waals surface area contributed by atoms with Gasteiger partial charge in [-0.05, 0) is 92.8 Å². The molecule has 0 spiro atoms. The van der Waals surface area contributed by atoms with Crippen molar-refractivity contribution in [3.8, 4) is 23.0 Å². The summed E-state index contributed by atoms with van der Waals surface area (Å²) in [4.78, 5) is 65.5. The maximum absolute atomic E-state index is 15.4. The molecule has 5 aromatic carbocycles. The van der Waals surface area contributed by atoms with Crippen LogP contribution in [-0.4, -0.2) is 45.3 Å². The third kappa shape index (κ3) is 5.44. The summed E-state index contributed by atoms with van der Waals surface area (Å²) in [6, 6.07) is 36.3. The van der Waals surface area contributed by atoms with Gasteiger partial charge in [-0.15, -0.1) is 0 Å². The van der Waals surface area contributed by atoms with Gasteiger partial charge in [0.2, 0.25) is 17.7 Å². The number of carbonyl (C=O) groups excluding carboxylic acids is 4. The summed E-state index contributed by atoms with van der Waals surface area (Å²) in [5.41, 5.74) is 7.41. The minimum atomic E-state index is -1.53. The lowest BCUT2D eigenvalue weighted by Gasteiger charge is -2.50. The van der Waals surface area contributed by atoms with Gasteiger partial charge in [0, 0.05) is 17.0 Å². The number of carbonyl (C=O) groups is 4. The smallest absolute Gasteiger partial charge is 0.260 e. The van der Waals surface area contributed by atoms with Gasteiger partial charge < -0.3 is 14.3 Å². The molecule has 0 unspecified atom stereocenters. The predicted molar refractivity (Wildman–Crippen MR) is 220 cm³/mol. The van der Waals surface area contributed by atoms with Crippen molar-refractivity contribution in [1.29, 1.82) is 0 Å². The molecule has 3 fully saturated rings. The Labute approximate surface area is 339 Å². The standard InChI is InChI=1S/C48H40N4O7/c1-3-58-39-15-9-12-34(42(39)53)41-32-24-25-33-40(46(56)51(44(33)54)31-22-18-28(19-23-31)43-49-37-13-7-8-14-38(37)59-43)35(32)26-36-45(55)52(50-30-20-16-27(2)17-21-30)47(57)48(36,41)29-10-5-4-6-11-29/h4-24,33,35-36,40-41,50,53H,3,25-26H2,1-2H3/t33-,35+,36-,40-,41+,48+/m0/s1. The lowest BCUT2D eigenvalue weighted by molar-refractivity contribution is -0.138. The first-order valence-corrected chi connectivity index (χ1v) is 20.0. The Kier molecular flexibility index (Phi) is 8.52. The highest BCUT2D eigenvalue weighted by Gasteiger charge is 2.70. The van der Waals surface area contributed by atoms with Gasteiger partial charge in [-0.25, -0.2) is 4.98 Å². The van der Waals surface area contributed by atoms with Crippen molar-refractivity contribution in [3.63, 3.8) is 0 Å². The molecule has 2 aliphatic heterocycles. The number of phenols is 1. The Morgan fingerprint density at radius 3 is 2.32 bits per heavy atom. The van der Waals surface area contributed by atoms with Gasteiger partial charge in [0.25, 0.3) is 11.8 Å². The van der Waals surface area contributed by atoms with E-state index in [1.165, 1.54) is 4.90 Å². The van der Waals surface area contributed by atoms with Crippen LogP contribution in [0.4, 0.5) is 11.4 Å². The number of hydrogen-bond acceptors (Lipinski definition) is 9. The molecule has 2 N–H and O–H groups in total. The Balaban J connectivity index is 1.09. The van der Waals surface area contributed by atoms with E-state index in [-0.39, 0.29) is 42.8 Å². The Hall–Kier alpha value is -7.01. The van der Waals surface area contributed by atoms with Crippen LogP contribution >= 0.6 is 0 Å². The highest BCUT2D eigenvalue weighted by Crippen LogP contribution is 2.65. The number of aromatic nitrogens is 1. The largest absolute Gasteiger partial charge is 0.504 e. The van der Waals surface area contributed by atoms with Gasteiger partial charge in [0.05, 0.1) is 41.2 Å². The number of aryl methyl sites for hydroxylation is 1. The van der Waals surface area contributed by atoms with Crippen LogP contribution in [-0.2, 0) is 24.6 Å². The highest BCUT2D eigenvalue weighted by molar-refractivity contribution is 6.22. The maximum atomic E-state index is 15.4. The van der Waals surface area contributed by atoms with Crippen molar-refractivity contribution in [3.05, 3.63) is 150 Å². The van der Waals surface area contributed by atoms with Crippen LogP contribution in [0.3, 0.4) is 0 Å². The van der Waals surface area contributed by atoms with Gasteiger partial charge in [0.15, 0.2) is 17.1 Å². The molecular weight excluding hydrogens is 745 g/mol. The van der Waals surface area contributed by atoms with Crippen molar-refractivity contribution in [1.82, 2.24) is 9.99 Å². The summed E-state index contributed by atoms with van der Waals surface area (Å²) >= 11 is 0. The molecule has 0 radical (unpaired) electrons. The molecule has 2 saturated heterocycles. The monoisotopic (exact) mass is 784 g/mol. The number of fused-ring (bicyclic) bond motifs is 5. The number of imide groups is 2. The molecule has 11 heteroatoms. The maximum Gasteiger partial charge on any atom is 0.260 e. The second-order valence-corrected chi connectivity index (χ2v) is 15.8. The minimum Gasteiger partial charge on any atom is -0.504 e. The highest BCUT2D eigenvalue weighted by atomic mass is 16.5. The fourth-order valence-electron chi connectivity index (χ4n) is 10.1. The van der Waals surface area contributed by atoms with Gasteiger partial charge >= 0.3 is 0 Å². The quantitative estimate of drug-likeness (QED) is 0.116. The molecule has 11 nitrogen and oxygen atoms in total. The molecule has 10 rings (SSSR count). The van der Waals surface area contributed by atoms with E-state index >= 15 is 4.79 Å². The van der Waals surface area contributed by atoms with E-state index in [4.69, 9.17) is 9.15 Å². The van der Waals surface area contributed by atoms with E-state index in [2.05, 4.69) is 10.4 Å². The number of para-hydroxylation sites is 3. The zero-order valence-corrected chi connectivity index (χ0v) is 32.4. The first-order chi connectivity index (χ1) is 28.7. The third-order valence-electron chi connectivity index (χ3n) is 12.7. The first kappa shape index (κ1) is 36.3. The van der Waals surface area contributed by atoms with E-state index in [9.17, 15) is 19.5 Å². The van der Waals surface area contributed by atoms with Crippen LogP contribution in [0.2, 0.25) is 0 Å². The molecule has 294 valence electrons. The number of benzene rings is 5. The van der Waals surface area contributed by atoms with Crippen molar-refractivity contribution >= 4 is 46.1 Å². The molecule has 59 heavy (non-hydrogen) atoms. The number of amides is 4. The number of allylic oxidation sites excluding steroid dienone is 2. The number of rotatable bonds is 8. The molecule has 6 atom stereocenters. The zero-order chi connectivity index (χ0) is 40.6. The number of hydrazine groups is 1. The van der Waals surface area contributed by atoms with Crippen molar-refractivity contribution in [2.75, 3.05) is 16.9 Å². The van der Waals surface area contributed by atoms with Crippen LogP contribution in [0.25, 0.3) is 22.6 Å². The van der Waals surface area contributed by atoms with Crippen LogP contribution in [0.1, 0.15) is 42.4 Å². The van der Waals surface area contributed by atoms with Gasteiger partial charge in [0.1, 0.15) is 5.52 Å². The Morgan fingerprint density at radius 1 is 0.831 bits per heavy atom. The van der Waals surface area contributed by atoms with E-state index in [1.54, 1.807) is 42.5 Å². The van der Waals surface area contributed by atoms with Crippen molar-refractivity contribution < 1.29 is 33.4 Å². The number of hydrogen-bond donors (Lipinski definition) is 2. The van der Waals surface area contributed by atoms with E-state index < -0.39 is 46.8 Å². The molecule has 3 heterocycles. The molecule has 4 aliphatic rings. The molecular formula is C48H40N4O7. The lowest BCUT2D eigenvalue weighted by Crippen LogP contribution is -2.53. The number of nitrogens with one attached hydrogen (secondary N) is 1. The summed E-state index contributed by atoms with van der Waals surface area (Å²) in [7, 11) is 0. The number of anilines is 2. The Morgan fingerprint density at radius 2 is 1.58 bits per heavy atom. The minimum absolute atomic E-state index is 0.129. The topological polar surface area (TPSA) is 142 Å². The average molecular weight is 785 g/mol. The van der Waals surface area contributed by atoms with Gasteiger partial charge in [-0.2, -0.15) is 5.01 Å². The van der Waals surface area contributed by atoms with Crippen LogP contribution in [0.15, 0.2) is 137 Å². The van der Waals surface area contributed by atoms with E-state index in [1.807, 2.05) is 98.8 Å². The molecule has 6 aromatic rings. The molecule has 1 aromatic heterocycles. The summed E-state index contributed by atoms with van der Waals surface area (Å²) in [5.74, 6) is -5.05. The van der Waals surface area contributed by atoms with Crippen molar-refractivity contribution in [2.24, 2.45) is 23.7 Å². The predicted octanol–water partition coefficient (Wildman–Crippen LogP) is 8.10. The summed E-state index contributed by atoms with van der Waals surface area (Å²) in [6.45, 7) is 4.06. The second kappa shape index (κ2) is 13.8. The number of aromatic hydroxyl groups is 1. The average Bonchev–Trinajstić information content (AvgIpc) is 3.87. The fourth-order valence-corrected chi connectivity index (χ4v) is 10.1. The number of phenolic OH excluding ortho intramolecular Hbond substituents is 1. The summed E-state index contributed by atoms with van der Waals surface area (Å²) in [5, 5.41) is 13.1. The molecule has 1 saturated carbocycles. The van der Waals surface area contributed by atoms with Crippen LogP contribution < -0.4 is 15.1 Å². The lowest BCUT2D eigenvalue weighted by atomic mass is 9.49. The zero-order valence-electron chi connectivity index (χ0n) is 32.4. The molecule has 2 aliphatic carbocycles. The summed E-state index contributed by atoms with van der Waals surface area (Å²) < 4.78 is 11.8. The van der Waals surface area contributed by atoms with Gasteiger partial charge in [-0.3, -0.25) is 29.5 Å². The van der Waals surface area contributed by atoms with Crippen LogP contribution in [0.5, 0.6) is 11.5 Å². The van der Waals surface area contributed by atoms with E-state index in [0.29, 0.717) is 39.5 Å². The molecule has 0 bridgehead atoms.